The lowest BCUT2D eigenvalue weighted by Gasteiger charge is -2.09. The van der Waals surface area contributed by atoms with Crippen LogP contribution in [-0.2, 0) is 0 Å². The predicted octanol–water partition coefficient (Wildman–Crippen LogP) is 2.73. The number of pyridine rings is 1. The van der Waals surface area contributed by atoms with Crippen LogP contribution in [0.15, 0.2) is 41.6 Å². The Morgan fingerprint density at radius 2 is 2.33 bits per heavy atom. The van der Waals surface area contributed by atoms with Crippen molar-refractivity contribution in [3.05, 3.63) is 36.5 Å². The van der Waals surface area contributed by atoms with Gasteiger partial charge in [-0.15, -0.1) is 11.8 Å². The van der Waals surface area contributed by atoms with Crippen molar-refractivity contribution in [2.75, 3.05) is 12.3 Å². The summed E-state index contributed by atoms with van der Waals surface area (Å²) in [7, 11) is 0. The van der Waals surface area contributed by atoms with Crippen LogP contribution in [0.3, 0.4) is 0 Å². The van der Waals surface area contributed by atoms with E-state index in [1.807, 2.05) is 24.4 Å². The molecule has 0 bridgehead atoms. The fourth-order valence-electron chi connectivity index (χ4n) is 1.01. The van der Waals surface area contributed by atoms with Crippen molar-refractivity contribution in [1.82, 2.24) is 10.3 Å². The van der Waals surface area contributed by atoms with Crippen molar-refractivity contribution in [2.45, 2.75) is 24.9 Å². The highest BCUT2D eigenvalue weighted by atomic mass is 32.2. The molecule has 0 amide bonds. The molecule has 3 heteroatoms. The standard InChI is InChI=1S/C12H18N2S/c1-10(2)14-8-11(3)9-15-12-6-4-5-7-13-12/h4-7,10,14H,3,8-9H2,1-2H3. The van der Waals surface area contributed by atoms with E-state index in [2.05, 4.69) is 30.7 Å². The molecule has 0 aliphatic rings. The van der Waals surface area contributed by atoms with Crippen LogP contribution in [0.25, 0.3) is 0 Å². The van der Waals surface area contributed by atoms with E-state index in [4.69, 9.17) is 0 Å². The van der Waals surface area contributed by atoms with Crippen LogP contribution in [0.4, 0.5) is 0 Å². The number of hydrogen-bond donors (Lipinski definition) is 1. The van der Waals surface area contributed by atoms with Gasteiger partial charge in [0.1, 0.15) is 0 Å². The SMILES string of the molecule is C=C(CNC(C)C)CSc1ccccn1. The maximum absolute atomic E-state index is 4.25. The van der Waals surface area contributed by atoms with Gasteiger partial charge in [0.15, 0.2) is 0 Å². The molecule has 0 aliphatic heterocycles. The molecule has 0 saturated carbocycles. The fraction of sp³-hybridized carbons (Fsp3) is 0.417. The Kier molecular flexibility index (Phi) is 5.43. The molecule has 15 heavy (non-hydrogen) atoms. The summed E-state index contributed by atoms with van der Waals surface area (Å²) in [6.07, 6.45) is 1.82. The normalized spacial score (nSPS) is 10.6. The number of thioether (sulfide) groups is 1. The molecule has 0 atom stereocenters. The monoisotopic (exact) mass is 222 g/mol. The molecular formula is C12H18N2S. The van der Waals surface area contributed by atoms with Crippen LogP contribution in [0.1, 0.15) is 13.8 Å². The van der Waals surface area contributed by atoms with Crippen molar-refractivity contribution in [3.8, 4) is 0 Å². The maximum Gasteiger partial charge on any atom is 0.0962 e. The summed E-state index contributed by atoms with van der Waals surface area (Å²) in [6.45, 7) is 9.19. The molecular weight excluding hydrogens is 204 g/mol. The molecule has 0 unspecified atom stereocenters. The van der Waals surface area contributed by atoms with E-state index in [0.717, 1.165) is 17.3 Å². The minimum atomic E-state index is 0.515. The van der Waals surface area contributed by atoms with E-state index in [9.17, 15) is 0 Å². The highest BCUT2D eigenvalue weighted by molar-refractivity contribution is 7.99. The third-order valence-corrected chi connectivity index (χ3v) is 2.91. The Hall–Kier alpha value is -0.800. The van der Waals surface area contributed by atoms with Gasteiger partial charge in [0.25, 0.3) is 0 Å². The van der Waals surface area contributed by atoms with Crippen molar-refractivity contribution in [2.24, 2.45) is 0 Å². The molecule has 82 valence electrons. The van der Waals surface area contributed by atoms with Gasteiger partial charge in [0.2, 0.25) is 0 Å². The lowest BCUT2D eigenvalue weighted by atomic mass is 10.3. The molecule has 0 aromatic carbocycles. The van der Waals surface area contributed by atoms with Gasteiger partial charge in [-0.1, -0.05) is 32.1 Å². The van der Waals surface area contributed by atoms with E-state index in [-0.39, 0.29) is 0 Å². The van der Waals surface area contributed by atoms with Gasteiger partial charge in [0.05, 0.1) is 5.03 Å². The zero-order valence-corrected chi connectivity index (χ0v) is 10.2. The summed E-state index contributed by atoms with van der Waals surface area (Å²) < 4.78 is 0. The van der Waals surface area contributed by atoms with Crippen molar-refractivity contribution >= 4 is 11.8 Å². The first-order valence-corrected chi connectivity index (χ1v) is 6.11. The Morgan fingerprint density at radius 1 is 1.53 bits per heavy atom. The molecule has 2 nitrogen and oxygen atoms in total. The minimum absolute atomic E-state index is 0.515. The number of nitrogens with one attached hydrogen (secondary N) is 1. The second kappa shape index (κ2) is 6.64. The molecule has 0 saturated heterocycles. The molecule has 1 aromatic heterocycles. The number of nitrogens with zero attached hydrogens (tertiary/aromatic N) is 1. The predicted molar refractivity (Wildman–Crippen MR) is 67.2 cm³/mol. The van der Waals surface area contributed by atoms with E-state index in [0.29, 0.717) is 6.04 Å². The third-order valence-electron chi connectivity index (χ3n) is 1.82. The van der Waals surface area contributed by atoms with Gasteiger partial charge >= 0.3 is 0 Å². The molecule has 1 heterocycles. The highest BCUT2D eigenvalue weighted by Gasteiger charge is 1.99. The summed E-state index contributed by atoms with van der Waals surface area (Å²) in [4.78, 5) is 4.25. The first-order valence-electron chi connectivity index (χ1n) is 5.12. The average Bonchev–Trinajstić information content (AvgIpc) is 2.25. The first-order chi connectivity index (χ1) is 7.18. The van der Waals surface area contributed by atoms with Crippen molar-refractivity contribution in [3.63, 3.8) is 0 Å². The number of aromatic nitrogens is 1. The molecule has 1 rings (SSSR count). The summed E-state index contributed by atoms with van der Waals surface area (Å²) in [5, 5.41) is 4.41. The minimum Gasteiger partial charge on any atom is -0.311 e. The van der Waals surface area contributed by atoms with Gasteiger partial charge in [-0.25, -0.2) is 4.98 Å². The van der Waals surface area contributed by atoms with E-state index in [1.165, 1.54) is 5.57 Å². The van der Waals surface area contributed by atoms with Crippen molar-refractivity contribution < 1.29 is 0 Å². The van der Waals surface area contributed by atoms with Crippen LogP contribution in [-0.4, -0.2) is 23.3 Å². The lowest BCUT2D eigenvalue weighted by molar-refractivity contribution is 0.623. The summed E-state index contributed by atoms with van der Waals surface area (Å²) in [5.41, 5.74) is 1.21. The summed E-state index contributed by atoms with van der Waals surface area (Å²) in [6, 6.07) is 6.47. The molecule has 1 aromatic rings. The Bertz CT molecular complexity index is 296. The second-order valence-corrected chi connectivity index (χ2v) is 4.74. The second-order valence-electron chi connectivity index (χ2n) is 3.74. The maximum atomic E-state index is 4.25. The van der Waals surface area contributed by atoms with Gasteiger partial charge in [-0.05, 0) is 12.1 Å². The van der Waals surface area contributed by atoms with Crippen LogP contribution in [0.5, 0.6) is 0 Å². The third kappa shape index (κ3) is 5.60. The largest absolute Gasteiger partial charge is 0.311 e. The highest BCUT2D eigenvalue weighted by Crippen LogP contribution is 2.16. The number of rotatable bonds is 6. The molecule has 0 fully saturated rings. The van der Waals surface area contributed by atoms with Crippen LogP contribution in [0, 0.1) is 0 Å². The fourth-order valence-corrected chi connectivity index (χ4v) is 1.77. The molecule has 1 N–H and O–H groups in total. The Labute approximate surface area is 96.2 Å². The summed E-state index contributed by atoms with van der Waals surface area (Å²) in [5.74, 6) is 0.927. The van der Waals surface area contributed by atoms with Gasteiger partial charge < -0.3 is 5.32 Å². The quantitative estimate of drug-likeness (QED) is 0.592. The van der Waals surface area contributed by atoms with Crippen molar-refractivity contribution in [1.29, 1.82) is 0 Å². The zero-order valence-electron chi connectivity index (χ0n) is 9.36. The molecule has 0 spiro atoms. The van der Waals surface area contributed by atoms with E-state index in [1.54, 1.807) is 11.8 Å². The van der Waals surface area contributed by atoms with Gasteiger partial charge in [-0.3, -0.25) is 0 Å². The number of hydrogen-bond acceptors (Lipinski definition) is 3. The molecule has 0 aliphatic carbocycles. The topological polar surface area (TPSA) is 24.9 Å². The average molecular weight is 222 g/mol. The van der Waals surface area contributed by atoms with Gasteiger partial charge in [-0.2, -0.15) is 0 Å². The smallest absolute Gasteiger partial charge is 0.0962 e. The van der Waals surface area contributed by atoms with Crippen LogP contribution in [0.2, 0.25) is 0 Å². The van der Waals surface area contributed by atoms with Crippen LogP contribution >= 0.6 is 11.8 Å². The van der Waals surface area contributed by atoms with Crippen LogP contribution < -0.4 is 5.32 Å². The van der Waals surface area contributed by atoms with E-state index < -0.39 is 0 Å². The Morgan fingerprint density at radius 3 is 2.93 bits per heavy atom. The Balaban J connectivity index is 2.23. The molecule has 0 radical (unpaired) electrons. The zero-order chi connectivity index (χ0) is 11.1. The first kappa shape index (κ1) is 12.3. The van der Waals surface area contributed by atoms with E-state index >= 15 is 0 Å². The van der Waals surface area contributed by atoms with Gasteiger partial charge in [0, 0.05) is 24.5 Å². The lowest BCUT2D eigenvalue weighted by Crippen LogP contribution is -2.25. The summed E-state index contributed by atoms with van der Waals surface area (Å²) >= 11 is 1.73.